The lowest BCUT2D eigenvalue weighted by molar-refractivity contribution is -0.142. The van der Waals surface area contributed by atoms with Crippen molar-refractivity contribution in [2.24, 2.45) is 5.92 Å². The van der Waals surface area contributed by atoms with Crippen molar-refractivity contribution in [1.29, 1.82) is 0 Å². The molecule has 1 aromatic heterocycles. The minimum atomic E-state index is -0.929. The molecule has 0 radical (unpaired) electrons. The number of ether oxygens (including phenoxy) is 1. The van der Waals surface area contributed by atoms with Gasteiger partial charge in [0, 0.05) is 19.2 Å². The molecule has 2 amide bonds. The normalized spacial score (nSPS) is 21.2. The minimum Gasteiger partial charge on any atom is -0.481 e. The van der Waals surface area contributed by atoms with Gasteiger partial charge in [0.1, 0.15) is 5.92 Å². The molecule has 7 heteroatoms. The van der Waals surface area contributed by atoms with Crippen LogP contribution in [0.25, 0.3) is 0 Å². The van der Waals surface area contributed by atoms with Gasteiger partial charge in [0.05, 0.1) is 38.3 Å². The van der Waals surface area contributed by atoms with Gasteiger partial charge in [-0.15, -0.1) is 0 Å². The SMILES string of the molecule is CCN(C(=O)N(C)Cc1ccoc1)C1COCC1C(=O)O. The van der Waals surface area contributed by atoms with Gasteiger partial charge in [0.15, 0.2) is 0 Å². The fourth-order valence-electron chi connectivity index (χ4n) is 2.54. The third-order valence-corrected chi connectivity index (χ3v) is 3.68. The number of urea groups is 1. The van der Waals surface area contributed by atoms with E-state index in [-0.39, 0.29) is 19.2 Å². The van der Waals surface area contributed by atoms with Crippen molar-refractivity contribution in [3.8, 4) is 0 Å². The number of carbonyl (C=O) groups is 2. The fraction of sp³-hybridized carbons (Fsp3) is 0.571. The number of carbonyl (C=O) groups excluding carboxylic acids is 1. The molecule has 1 fully saturated rings. The number of hydrogen-bond donors (Lipinski definition) is 1. The molecule has 1 aliphatic heterocycles. The van der Waals surface area contributed by atoms with Crippen molar-refractivity contribution in [2.75, 3.05) is 26.8 Å². The zero-order valence-electron chi connectivity index (χ0n) is 12.2. The van der Waals surface area contributed by atoms with E-state index in [1.54, 1.807) is 35.4 Å². The van der Waals surface area contributed by atoms with Crippen molar-refractivity contribution >= 4 is 12.0 Å². The molecule has 1 N–H and O–H groups in total. The standard InChI is InChI=1S/C14H20N2O5/c1-3-16(12-9-21-8-11(12)13(17)18)14(19)15(2)6-10-4-5-20-7-10/h4-5,7,11-12H,3,6,8-9H2,1-2H3,(H,17,18). The number of rotatable bonds is 5. The number of carboxylic acid groups (broad SMARTS) is 1. The Bertz CT molecular complexity index is 488. The summed E-state index contributed by atoms with van der Waals surface area (Å²) in [7, 11) is 1.68. The van der Waals surface area contributed by atoms with Crippen LogP contribution >= 0.6 is 0 Å². The first-order valence-corrected chi connectivity index (χ1v) is 6.88. The zero-order valence-corrected chi connectivity index (χ0v) is 12.2. The van der Waals surface area contributed by atoms with Gasteiger partial charge in [-0.05, 0) is 13.0 Å². The van der Waals surface area contributed by atoms with Gasteiger partial charge in [0.25, 0.3) is 0 Å². The lowest BCUT2D eigenvalue weighted by Gasteiger charge is -2.32. The molecule has 7 nitrogen and oxygen atoms in total. The van der Waals surface area contributed by atoms with Crippen molar-refractivity contribution in [1.82, 2.24) is 9.80 Å². The summed E-state index contributed by atoms with van der Waals surface area (Å²) in [5, 5.41) is 9.21. The Balaban J connectivity index is 2.05. The van der Waals surface area contributed by atoms with E-state index >= 15 is 0 Å². The van der Waals surface area contributed by atoms with Gasteiger partial charge >= 0.3 is 12.0 Å². The first-order valence-electron chi connectivity index (χ1n) is 6.88. The number of hydrogen-bond acceptors (Lipinski definition) is 4. The summed E-state index contributed by atoms with van der Waals surface area (Å²) in [4.78, 5) is 26.9. The lowest BCUT2D eigenvalue weighted by Crippen LogP contribution is -2.50. The monoisotopic (exact) mass is 296 g/mol. The Morgan fingerprint density at radius 2 is 2.19 bits per heavy atom. The van der Waals surface area contributed by atoms with E-state index in [2.05, 4.69) is 0 Å². The number of furan rings is 1. The van der Waals surface area contributed by atoms with E-state index in [1.165, 1.54) is 0 Å². The molecule has 1 aliphatic rings. The molecule has 1 aromatic rings. The molecule has 2 heterocycles. The van der Waals surface area contributed by atoms with Crippen LogP contribution in [0.3, 0.4) is 0 Å². The summed E-state index contributed by atoms with van der Waals surface area (Å²) in [6.07, 6.45) is 3.13. The zero-order chi connectivity index (χ0) is 15.4. The molecule has 2 rings (SSSR count). The molecule has 0 aliphatic carbocycles. The van der Waals surface area contributed by atoms with Crippen LogP contribution in [0.2, 0.25) is 0 Å². The Labute approximate surface area is 123 Å². The number of carboxylic acids is 1. The van der Waals surface area contributed by atoms with Crippen LogP contribution in [0.4, 0.5) is 4.79 Å². The molecule has 0 bridgehead atoms. The number of likely N-dealkylation sites (N-methyl/N-ethyl adjacent to an activating group) is 1. The van der Waals surface area contributed by atoms with Crippen LogP contribution < -0.4 is 0 Å². The molecule has 0 saturated carbocycles. The van der Waals surface area contributed by atoms with Gasteiger partial charge < -0.3 is 24.1 Å². The van der Waals surface area contributed by atoms with Crippen molar-refractivity contribution in [2.45, 2.75) is 19.5 Å². The van der Waals surface area contributed by atoms with Crippen LogP contribution in [0.1, 0.15) is 12.5 Å². The van der Waals surface area contributed by atoms with Crippen LogP contribution in [0.15, 0.2) is 23.0 Å². The second-order valence-corrected chi connectivity index (χ2v) is 5.11. The average Bonchev–Trinajstić information content (AvgIpc) is 3.10. The van der Waals surface area contributed by atoms with Gasteiger partial charge in [-0.1, -0.05) is 0 Å². The average molecular weight is 296 g/mol. The summed E-state index contributed by atoms with van der Waals surface area (Å²) in [6.45, 7) is 3.09. The highest BCUT2D eigenvalue weighted by Crippen LogP contribution is 2.21. The summed E-state index contributed by atoms with van der Waals surface area (Å²) >= 11 is 0. The molecular weight excluding hydrogens is 276 g/mol. The van der Waals surface area contributed by atoms with Gasteiger partial charge in [-0.3, -0.25) is 4.79 Å². The third kappa shape index (κ3) is 3.36. The van der Waals surface area contributed by atoms with Crippen LogP contribution in [-0.2, 0) is 16.1 Å². The third-order valence-electron chi connectivity index (χ3n) is 3.68. The van der Waals surface area contributed by atoms with E-state index in [4.69, 9.17) is 9.15 Å². The van der Waals surface area contributed by atoms with E-state index < -0.39 is 17.9 Å². The molecule has 116 valence electrons. The fourth-order valence-corrected chi connectivity index (χ4v) is 2.54. The highest BCUT2D eigenvalue weighted by Gasteiger charge is 2.40. The van der Waals surface area contributed by atoms with E-state index in [0.29, 0.717) is 13.1 Å². The van der Waals surface area contributed by atoms with Crippen LogP contribution in [-0.4, -0.2) is 59.8 Å². The van der Waals surface area contributed by atoms with Gasteiger partial charge in [-0.2, -0.15) is 0 Å². The van der Waals surface area contributed by atoms with E-state index in [1.807, 2.05) is 6.92 Å². The number of amides is 2. The van der Waals surface area contributed by atoms with Crippen molar-refractivity contribution in [3.63, 3.8) is 0 Å². The molecule has 0 aromatic carbocycles. The molecular formula is C14H20N2O5. The molecule has 0 spiro atoms. The topological polar surface area (TPSA) is 83.2 Å². The smallest absolute Gasteiger partial charge is 0.320 e. The molecule has 2 unspecified atom stereocenters. The van der Waals surface area contributed by atoms with Crippen molar-refractivity contribution < 1.29 is 23.8 Å². The predicted octanol–water partition coefficient (Wildman–Crippen LogP) is 1.25. The highest BCUT2D eigenvalue weighted by atomic mass is 16.5. The summed E-state index contributed by atoms with van der Waals surface area (Å²) in [5.74, 6) is -1.60. The molecule has 2 atom stereocenters. The number of aliphatic carboxylic acids is 1. The van der Waals surface area contributed by atoms with Crippen molar-refractivity contribution in [3.05, 3.63) is 24.2 Å². The minimum absolute atomic E-state index is 0.148. The summed E-state index contributed by atoms with van der Waals surface area (Å²) in [5.41, 5.74) is 0.888. The largest absolute Gasteiger partial charge is 0.481 e. The van der Waals surface area contributed by atoms with Gasteiger partial charge in [-0.25, -0.2) is 4.79 Å². The second kappa shape index (κ2) is 6.62. The quantitative estimate of drug-likeness (QED) is 0.884. The van der Waals surface area contributed by atoms with Gasteiger partial charge in [0.2, 0.25) is 0 Å². The van der Waals surface area contributed by atoms with Crippen LogP contribution in [0.5, 0.6) is 0 Å². The molecule has 1 saturated heterocycles. The maximum Gasteiger partial charge on any atom is 0.320 e. The summed E-state index contributed by atoms with van der Waals surface area (Å²) in [6, 6.07) is 1.16. The van der Waals surface area contributed by atoms with E-state index in [9.17, 15) is 14.7 Å². The second-order valence-electron chi connectivity index (χ2n) is 5.11. The van der Waals surface area contributed by atoms with Crippen LogP contribution in [0, 0.1) is 5.92 Å². The Hall–Kier alpha value is -2.02. The predicted molar refractivity (Wildman–Crippen MR) is 73.7 cm³/mol. The first kappa shape index (κ1) is 15.4. The summed E-state index contributed by atoms with van der Waals surface area (Å²) < 4.78 is 10.2. The Morgan fingerprint density at radius 1 is 1.43 bits per heavy atom. The van der Waals surface area contributed by atoms with E-state index in [0.717, 1.165) is 5.56 Å². The Morgan fingerprint density at radius 3 is 2.76 bits per heavy atom. The maximum absolute atomic E-state index is 12.5. The maximum atomic E-state index is 12.5. The Kier molecular flexibility index (Phi) is 4.85. The highest BCUT2D eigenvalue weighted by molar-refractivity contribution is 5.77. The molecule has 21 heavy (non-hydrogen) atoms. The lowest BCUT2D eigenvalue weighted by atomic mass is 10.0. The first-order chi connectivity index (χ1) is 10.0. The number of nitrogens with zero attached hydrogens (tertiary/aromatic N) is 2.